The van der Waals surface area contributed by atoms with E-state index >= 15 is 0 Å². The molecule has 1 aromatic heterocycles. The topological polar surface area (TPSA) is 80.2 Å². The van der Waals surface area contributed by atoms with Crippen LogP contribution in [0.5, 0.6) is 0 Å². The van der Waals surface area contributed by atoms with Crippen LogP contribution in [0.1, 0.15) is 20.3 Å². The lowest BCUT2D eigenvalue weighted by Crippen LogP contribution is -2.46. The number of carbonyl (C=O) groups is 2. The number of pyridine rings is 1. The Morgan fingerprint density at radius 2 is 1.56 bits per heavy atom. The van der Waals surface area contributed by atoms with Crippen LogP contribution >= 0.6 is 0 Å². The van der Waals surface area contributed by atoms with Crippen molar-refractivity contribution in [1.82, 2.24) is 15.2 Å². The van der Waals surface area contributed by atoms with Crippen LogP contribution in [-0.4, -0.2) is 29.0 Å². The number of nitrogens with one attached hydrogen (secondary N) is 2. The van der Waals surface area contributed by atoms with Gasteiger partial charge in [-0.25, -0.2) is 0 Å². The first-order valence-electron chi connectivity index (χ1n) is 9.10. The average molecular weight is 365 g/mol. The summed E-state index contributed by atoms with van der Waals surface area (Å²) < 4.78 is 1.82. The van der Waals surface area contributed by atoms with Crippen LogP contribution in [-0.2, 0) is 16.1 Å². The van der Waals surface area contributed by atoms with Crippen molar-refractivity contribution in [2.24, 2.45) is 0 Å². The van der Waals surface area contributed by atoms with Crippen molar-refractivity contribution in [2.45, 2.75) is 32.9 Å². The van der Waals surface area contributed by atoms with Crippen LogP contribution in [0, 0.1) is 0 Å². The molecule has 1 heterocycles. The van der Waals surface area contributed by atoms with Crippen molar-refractivity contribution < 1.29 is 9.59 Å². The zero-order chi connectivity index (χ0) is 19.4. The van der Waals surface area contributed by atoms with Crippen LogP contribution in [0.2, 0.25) is 0 Å². The van der Waals surface area contributed by atoms with Crippen molar-refractivity contribution in [2.75, 3.05) is 6.54 Å². The van der Waals surface area contributed by atoms with Crippen LogP contribution in [0.4, 0.5) is 0 Å². The minimum Gasteiger partial charge on any atom is -0.354 e. The molecule has 1 atom stereocenters. The van der Waals surface area contributed by atoms with E-state index in [0.29, 0.717) is 28.4 Å². The minimum atomic E-state index is -0.624. The highest BCUT2D eigenvalue weighted by molar-refractivity contribution is 5.95. The van der Waals surface area contributed by atoms with E-state index in [9.17, 15) is 14.4 Å². The quantitative estimate of drug-likeness (QED) is 0.657. The van der Waals surface area contributed by atoms with Crippen LogP contribution in [0.15, 0.2) is 53.3 Å². The number of nitrogens with zero attached hydrogens (tertiary/aromatic N) is 1. The summed E-state index contributed by atoms with van der Waals surface area (Å²) in [7, 11) is 0. The number of aromatic nitrogens is 1. The molecule has 0 aliphatic heterocycles. The number of fused-ring (bicyclic) bond motifs is 2. The second-order valence-corrected chi connectivity index (χ2v) is 6.53. The Morgan fingerprint density at radius 1 is 1.00 bits per heavy atom. The zero-order valence-corrected chi connectivity index (χ0v) is 15.5. The standard InChI is InChI=1S/C21H23N3O3/c1-3-12-22-21(27)14(2)23-19(25)13-24-17-10-6-4-8-15(17)20(26)16-9-5-7-11-18(16)24/h4-11,14H,3,12-13H2,1-2H3,(H,22,27)(H,23,25). The molecule has 0 aliphatic rings. The first-order chi connectivity index (χ1) is 13.0. The Hall–Kier alpha value is -3.15. The number of benzene rings is 2. The summed E-state index contributed by atoms with van der Waals surface area (Å²) in [5, 5.41) is 6.63. The predicted octanol–water partition coefficient (Wildman–Crippen LogP) is 2.19. The smallest absolute Gasteiger partial charge is 0.242 e. The molecule has 3 aromatic rings. The largest absolute Gasteiger partial charge is 0.354 e. The molecule has 2 N–H and O–H groups in total. The Morgan fingerprint density at radius 3 is 2.11 bits per heavy atom. The molecule has 140 valence electrons. The third kappa shape index (κ3) is 3.84. The fourth-order valence-electron chi connectivity index (χ4n) is 3.14. The Kier molecular flexibility index (Phi) is 5.54. The van der Waals surface area contributed by atoms with E-state index in [1.54, 1.807) is 19.1 Å². The maximum Gasteiger partial charge on any atom is 0.242 e. The monoisotopic (exact) mass is 365 g/mol. The Labute approximate surface area is 157 Å². The highest BCUT2D eigenvalue weighted by Crippen LogP contribution is 2.18. The Balaban J connectivity index is 1.94. The number of hydrogen-bond acceptors (Lipinski definition) is 3. The molecule has 1 unspecified atom stereocenters. The summed E-state index contributed by atoms with van der Waals surface area (Å²) in [6, 6.07) is 13.9. The molecule has 0 aliphatic carbocycles. The van der Waals surface area contributed by atoms with Crippen molar-refractivity contribution in [3.05, 3.63) is 58.8 Å². The van der Waals surface area contributed by atoms with Gasteiger partial charge in [-0.15, -0.1) is 0 Å². The molecule has 2 aromatic carbocycles. The van der Waals surface area contributed by atoms with Gasteiger partial charge < -0.3 is 15.2 Å². The second kappa shape index (κ2) is 8.03. The number of hydrogen-bond donors (Lipinski definition) is 2. The van der Waals surface area contributed by atoms with Gasteiger partial charge in [-0.05, 0) is 37.6 Å². The number of amides is 2. The number of carbonyl (C=O) groups excluding carboxylic acids is 2. The second-order valence-electron chi connectivity index (χ2n) is 6.53. The van der Waals surface area contributed by atoms with Gasteiger partial charge in [0.15, 0.2) is 5.43 Å². The van der Waals surface area contributed by atoms with Gasteiger partial charge in [0.05, 0.1) is 11.0 Å². The normalized spacial score (nSPS) is 12.1. The van der Waals surface area contributed by atoms with E-state index in [0.717, 1.165) is 6.42 Å². The summed E-state index contributed by atoms with van der Waals surface area (Å²) in [4.78, 5) is 37.3. The SMILES string of the molecule is CCCNC(=O)C(C)NC(=O)Cn1c2ccccc2c(=O)c2ccccc21. The molecule has 0 fully saturated rings. The zero-order valence-electron chi connectivity index (χ0n) is 15.5. The molecule has 0 saturated carbocycles. The molecule has 2 amide bonds. The third-order valence-electron chi connectivity index (χ3n) is 4.50. The molecular weight excluding hydrogens is 342 g/mol. The molecular formula is C21H23N3O3. The molecule has 0 radical (unpaired) electrons. The summed E-state index contributed by atoms with van der Waals surface area (Å²) >= 11 is 0. The van der Waals surface area contributed by atoms with E-state index in [4.69, 9.17) is 0 Å². The molecule has 3 rings (SSSR count). The van der Waals surface area contributed by atoms with Crippen molar-refractivity contribution in [3.8, 4) is 0 Å². The Bertz CT molecular complexity index is 995. The number of para-hydroxylation sites is 2. The summed E-state index contributed by atoms with van der Waals surface area (Å²) in [6.45, 7) is 4.22. The van der Waals surface area contributed by atoms with Crippen LogP contribution in [0.25, 0.3) is 21.8 Å². The van der Waals surface area contributed by atoms with E-state index < -0.39 is 6.04 Å². The van der Waals surface area contributed by atoms with Gasteiger partial charge in [0, 0.05) is 17.3 Å². The molecule has 6 heteroatoms. The van der Waals surface area contributed by atoms with E-state index in [-0.39, 0.29) is 23.8 Å². The fourth-order valence-corrected chi connectivity index (χ4v) is 3.14. The summed E-state index contributed by atoms with van der Waals surface area (Å²) in [5.41, 5.74) is 1.34. The number of rotatable bonds is 6. The lowest BCUT2D eigenvalue weighted by Gasteiger charge is -2.17. The molecule has 27 heavy (non-hydrogen) atoms. The van der Waals surface area contributed by atoms with E-state index in [1.165, 1.54) is 0 Å². The molecule has 0 spiro atoms. The molecule has 0 bridgehead atoms. The van der Waals surface area contributed by atoms with Crippen molar-refractivity contribution >= 4 is 33.6 Å². The van der Waals surface area contributed by atoms with Crippen molar-refractivity contribution in [3.63, 3.8) is 0 Å². The third-order valence-corrected chi connectivity index (χ3v) is 4.50. The summed E-state index contributed by atoms with van der Waals surface area (Å²) in [5.74, 6) is -0.493. The van der Waals surface area contributed by atoms with E-state index in [1.807, 2.05) is 47.9 Å². The van der Waals surface area contributed by atoms with Crippen molar-refractivity contribution in [1.29, 1.82) is 0 Å². The highest BCUT2D eigenvalue weighted by atomic mass is 16.2. The minimum absolute atomic E-state index is 0.0205. The summed E-state index contributed by atoms with van der Waals surface area (Å²) in [6.07, 6.45) is 0.835. The lowest BCUT2D eigenvalue weighted by molar-refractivity contribution is -0.128. The van der Waals surface area contributed by atoms with Crippen LogP contribution in [0.3, 0.4) is 0 Å². The van der Waals surface area contributed by atoms with Gasteiger partial charge in [-0.2, -0.15) is 0 Å². The highest BCUT2D eigenvalue weighted by Gasteiger charge is 2.17. The first-order valence-corrected chi connectivity index (χ1v) is 9.10. The first kappa shape index (κ1) is 18.6. The lowest BCUT2D eigenvalue weighted by atomic mass is 10.1. The molecule has 6 nitrogen and oxygen atoms in total. The van der Waals surface area contributed by atoms with Gasteiger partial charge >= 0.3 is 0 Å². The van der Waals surface area contributed by atoms with Gasteiger partial charge in [0.25, 0.3) is 0 Å². The van der Waals surface area contributed by atoms with Crippen LogP contribution < -0.4 is 16.1 Å². The van der Waals surface area contributed by atoms with E-state index in [2.05, 4.69) is 10.6 Å². The maximum absolute atomic E-state index is 12.7. The fraction of sp³-hybridized carbons (Fsp3) is 0.286. The van der Waals surface area contributed by atoms with Gasteiger partial charge in [-0.1, -0.05) is 31.2 Å². The van der Waals surface area contributed by atoms with Gasteiger partial charge in [0.1, 0.15) is 12.6 Å². The molecule has 0 saturated heterocycles. The van der Waals surface area contributed by atoms with Gasteiger partial charge in [-0.3, -0.25) is 14.4 Å². The average Bonchev–Trinajstić information content (AvgIpc) is 2.69. The van der Waals surface area contributed by atoms with Gasteiger partial charge in [0.2, 0.25) is 11.8 Å². The predicted molar refractivity (Wildman–Crippen MR) is 107 cm³/mol. The maximum atomic E-state index is 12.7.